The molecule has 1 atom stereocenters. The van der Waals surface area contributed by atoms with Crippen LogP contribution in [0.25, 0.3) is 0 Å². The molecule has 1 N–H and O–H groups in total. The zero-order valence-corrected chi connectivity index (χ0v) is 16.1. The summed E-state index contributed by atoms with van der Waals surface area (Å²) in [6.45, 7) is 5.40. The van der Waals surface area contributed by atoms with E-state index in [9.17, 15) is 17.6 Å². The Hall–Kier alpha value is -2.41. The van der Waals surface area contributed by atoms with Crippen molar-refractivity contribution in [1.82, 2.24) is 5.32 Å². The van der Waals surface area contributed by atoms with Gasteiger partial charge in [0, 0.05) is 6.54 Å². The molecule has 2 aromatic carbocycles. The lowest BCUT2D eigenvalue weighted by Crippen LogP contribution is -2.48. The van der Waals surface area contributed by atoms with E-state index in [1.165, 1.54) is 12.1 Å². The number of amides is 1. The first-order chi connectivity index (χ1) is 12.1. The van der Waals surface area contributed by atoms with E-state index in [2.05, 4.69) is 5.32 Å². The first-order valence-electron chi connectivity index (χ1n) is 8.18. The standard InChI is InChI=1S/C19H23FN2O3S/c1-13-5-6-14(2)18(11-13)22(26(4,24)25)15(3)19(23)21-12-16-7-9-17(20)10-8-16/h5-11,15H,12H2,1-4H3,(H,21,23)/t15-/m1/s1. The van der Waals surface area contributed by atoms with Crippen molar-refractivity contribution in [2.24, 2.45) is 0 Å². The maximum absolute atomic E-state index is 12.9. The van der Waals surface area contributed by atoms with Crippen LogP contribution in [0, 0.1) is 19.7 Å². The fourth-order valence-electron chi connectivity index (χ4n) is 2.68. The maximum atomic E-state index is 12.9. The van der Waals surface area contributed by atoms with Crippen molar-refractivity contribution in [2.45, 2.75) is 33.4 Å². The number of sulfonamides is 1. The topological polar surface area (TPSA) is 66.5 Å². The van der Waals surface area contributed by atoms with Crippen molar-refractivity contribution in [3.63, 3.8) is 0 Å². The highest BCUT2D eigenvalue weighted by molar-refractivity contribution is 7.92. The number of hydrogen-bond acceptors (Lipinski definition) is 3. The van der Waals surface area contributed by atoms with Crippen LogP contribution in [0.5, 0.6) is 0 Å². The number of nitrogens with one attached hydrogen (secondary N) is 1. The van der Waals surface area contributed by atoms with Gasteiger partial charge in [-0.15, -0.1) is 0 Å². The van der Waals surface area contributed by atoms with E-state index < -0.39 is 22.0 Å². The Balaban J connectivity index is 2.23. The van der Waals surface area contributed by atoms with Gasteiger partial charge in [-0.25, -0.2) is 12.8 Å². The second kappa shape index (κ2) is 7.86. The molecule has 0 fully saturated rings. The molecule has 0 aliphatic rings. The number of rotatable bonds is 6. The van der Waals surface area contributed by atoms with Gasteiger partial charge in [0.05, 0.1) is 11.9 Å². The normalized spacial score (nSPS) is 12.5. The molecule has 5 nitrogen and oxygen atoms in total. The maximum Gasteiger partial charge on any atom is 0.243 e. The van der Waals surface area contributed by atoms with Crippen molar-refractivity contribution >= 4 is 21.6 Å². The van der Waals surface area contributed by atoms with Crippen LogP contribution in [0.2, 0.25) is 0 Å². The smallest absolute Gasteiger partial charge is 0.243 e. The van der Waals surface area contributed by atoms with Crippen LogP contribution < -0.4 is 9.62 Å². The summed E-state index contributed by atoms with van der Waals surface area (Å²) >= 11 is 0. The molecule has 0 saturated heterocycles. The average Bonchev–Trinajstić information content (AvgIpc) is 2.56. The molecule has 1 amide bonds. The lowest BCUT2D eigenvalue weighted by Gasteiger charge is -2.29. The van der Waals surface area contributed by atoms with E-state index in [4.69, 9.17) is 0 Å². The van der Waals surface area contributed by atoms with Crippen LogP contribution in [-0.2, 0) is 21.4 Å². The molecule has 0 spiro atoms. The molecular formula is C19H23FN2O3S. The Bertz CT molecular complexity index is 896. The van der Waals surface area contributed by atoms with Gasteiger partial charge in [-0.3, -0.25) is 9.10 Å². The summed E-state index contributed by atoms with van der Waals surface area (Å²) < 4.78 is 38.8. The molecule has 7 heteroatoms. The van der Waals surface area contributed by atoms with Gasteiger partial charge in [-0.1, -0.05) is 24.3 Å². The number of benzene rings is 2. The summed E-state index contributed by atoms with van der Waals surface area (Å²) in [6.07, 6.45) is 1.08. The Kier molecular flexibility index (Phi) is 6.02. The first kappa shape index (κ1) is 19.9. The largest absolute Gasteiger partial charge is 0.350 e. The SMILES string of the molecule is Cc1ccc(C)c(N([C@H](C)C(=O)NCc2ccc(F)cc2)S(C)(=O)=O)c1. The number of nitrogens with zero attached hydrogens (tertiary/aromatic N) is 1. The molecule has 2 aromatic rings. The molecule has 0 unspecified atom stereocenters. The monoisotopic (exact) mass is 378 g/mol. The third-order valence-electron chi connectivity index (χ3n) is 4.07. The molecule has 0 aliphatic carbocycles. The van der Waals surface area contributed by atoms with Crippen molar-refractivity contribution in [3.05, 3.63) is 65.0 Å². The molecule has 0 bridgehead atoms. The van der Waals surface area contributed by atoms with Gasteiger partial charge in [-0.2, -0.15) is 0 Å². The second-order valence-corrected chi connectivity index (χ2v) is 8.23. The van der Waals surface area contributed by atoms with Crippen LogP contribution in [0.3, 0.4) is 0 Å². The lowest BCUT2D eigenvalue weighted by atomic mass is 10.1. The number of hydrogen-bond donors (Lipinski definition) is 1. The summed E-state index contributed by atoms with van der Waals surface area (Å²) in [5.74, 6) is -0.785. The van der Waals surface area contributed by atoms with Gasteiger partial charge < -0.3 is 5.32 Å². The van der Waals surface area contributed by atoms with Crippen LogP contribution >= 0.6 is 0 Å². The second-order valence-electron chi connectivity index (χ2n) is 6.37. The summed E-state index contributed by atoms with van der Waals surface area (Å²) in [6, 6.07) is 10.3. The molecule has 140 valence electrons. The minimum Gasteiger partial charge on any atom is -0.350 e. The fraction of sp³-hybridized carbons (Fsp3) is 0.316. The van der Waals surface area contributed by atoms with Gasteiger partial charge in [0.2, 0.25) is 15.9 Å². The fourth-order valence-corrected chi connectivity index (χ4v) is 3.90. The number of aryl methyl sites for hydroxylation is 2. The summed E-state index contributed by atoms with van der Waals surface area (Å²) in [5.41, 5.74) is 2.87. The molecule has 26 heavy (non-hydrogen) atoms. The third-order valence-corrected chi connectivity index (χ3v) is 5.30. The quantitative estimate of drug-likeness (QED) is 0.840. The summed E-state index contributed by atoms with van der Waals surface area (Å²) in [4.78, 5) is 12.5. The van der Waals surface area contributed by atoms with Gasteiger partial charge in [0.1, 0.15) is 11.9 Å². The molecule has 0 aromatic heterocycles. The minimum absolute atomic E-state index is 0.188. The summed E-state index contributed by atoms with van der Waals surface area (Å²) in [7, 11) is -3.67. The Morgan fingerprint density at radius 2 is 1.77 bits per heavy atom. The van der Waals surface area contributed by atoms with E-state index in [1.807, 2.05) is 19.1 Å². The van der Waals surface area contributed by atoms with E-state index in [0.717, 1.165) is 27.3 Å². The van der Waals surface area contributed by atoms with E-state index in [1.54, 1.807) is 32.0 Å². The van der Waals surface area contributed by atoms with Crippen LogP contribution in [0.1, 0.15) is 23.6 Å². The molecule has 0 saturated carbocycles. The molecule has 0 aliphatic heterocycles. The van der Waals surface area contributed by atoms with Crippen LogP contribution in [-0.4, -0.2) is 26.6 Å². The summed E-state index contributed by atoms with van der Waals surface area (Å²) in [5, 5.41) is 2.71. The highest BCUT2D eigenvalue weighted by Gasteiger charge is 2.30. The highest BCUT2D eigenvalue weighted by Crippen LogP contribution is 2.26. The van der Waals surface area contributed by atoms with Gasteiger partial charge in [-0.05, 0) is 55.7 Å². The van der Waals surface area contributed by atoms with E-state index in [-0.39, 0.29) is 12.4 Å². The molecule has 0 radical (unpaired) electrons. The highest BCUT2D eigenvalue weighted by atomic mass is 32.2. The van der Waals surface area contributed by atoms with E-state index in [0.29, 0.717) is 5.69 Å². The minimum atomic E-state index is -3.67. The molecule has 2 rings (SSSR count). The zero-order chi connectivity index (χ0) is 19.5. The van der Waals surface area contributed by atoms with Crippen LogP contribution in [0.4, 0.5) is 10.1 Å². The number of halogens is 1. The Labute approximate surface area is 153 Å². The van der Waals surface area contributed by atoms with Crippen molar-refractivity contribution in [1.29, 1.82) is 0 Å². The van der Waals surface area contributed by atoms with Crippen molar-refractivity contribution < 1.29 is 17.6 Å². The predicted octanol–water partition coefficient (Wildman–Crippen LogP) is 2.91. The third kappa shape index (κ3) is 4.82. The van der Waals surface area contributed by atoms with Crippen molar-refractivity contribution in [2.75, 3.05) is 10.6 Å². The Morgan fingerprint density at radius 1 is 1.15 bits per heavy atom. The number of anilines is 1. The van der Waals surface area contributed by atoms with Crippen molar-refractivity contribution in [3.8, 4) is 0 Å². The zero-order valence-electron chi connectivity index (χ0n) is 15.3. The number of carbonyl (C=O) groups is 1. The molecular weight excluding hydrogens is 355 g/mol. The van der Waals surface area contributed by atoms with Gasteiger partial charge >= 0.3 is 0 Å². The average molecular weight is 378 g/mol. The molecule has 0 heterocycles. The van der Waals surface area contributed by atoms with Gasteiger partial charge in [0.25, 0.3) is 0 Å². The van der Waals surface area contributed by atoms with Crippen LogP contribution in [0.15, 0.2) is 42.5 Å². The Morgan fingerprint density at radius 3 is 2.35 bits per heavy atom. The lowest BCUT2D eigenvalue weighted by molar-refractivity contribution is -0.122. The first-order valence-corrected chi connectivity index (χ1v) is 10.0. The van der Waals surface area contributed by atoms with Gasteiger partial charge in [0.15, 0.2) is 0 Å². The van der Waals surface area contributed by atoms with E-state index >= 15 is 0 Å². The predicted molar refractivity (Wildman–Crippen MR) is 101 cm³/mol. The number of carbonyl (C=O) groups excluding carboxylic acids is 1.